The maximum absolute atomic E-state index is 9.26. The summed E-state index contributed by atoms with van der Waals surface area (Å²) in [5, 5.41) is 9.26. The molecule has 1 heteroatoms. The minimum Gasteiger partial charge on any atom is -0.396 e. The Bertz CT molecular complexity index is 254. The predicted octanol–water partition coefficient (Wildman–Crippen LogP) is 3.70. The molecule has 0 fully saturated rings. The van der Waals surface area contributed by atoms with Crippen LogP contribution in [0.2, 0.25) is 0 Å². The van der Waals surface area contributed by atoms with E-state index in [4.69, 9.17) is 0 Å². The Morgan fingerprint density at radius 1 is 1.12 bits per heavy atom. The third kappa shape index (κ3) is 2.98. The number of aliphatic hydroxyl groups is 1. The van der Waals surface area contributed by atoms with E-state index in [1.165, 1.54) is 38.5 Å². The van der Waals surface area contributed by atoms with Crippen LogP contribution in [0.3, 0.4) is 0 Å². The molecular weight excluding hydrogens is 196 g/mol. The quantitative estimate of drug-likeness (QED) is 0.716. The Hall–Kier alpha value is -0.560. The second kappa shape index (κ2) is 6.24. The molecule has 3 atom stereocenters. The Labute approximate surface area is 99.3 Å². The van der Waals surface area contributed by atoms with Crippen molar-refractivity contribution >= 4 is 0 Å². The number of hydrogen-bond acceptors (Lipinski definition) is 1. The van der Waals surface area contributed by atoms with Crippen molar-refractivity contribution in [3.05, 3.63) is 24.3 Å². The van der Waals surface area contributed by atoms with E-state index in [9.17, 15) is 5.11 Å². The van der Waals surface area contributed by atoms with Crippen LogP contribution in [0.5, 0.6) is 0 Å². The van der Waals surface area contributed by atoms with Crippen molar-refractivity contribution in [3.63, 3.8) is 0 Å². The predicted molar refractivity (Wildman–Crippen MR) is 68.2 cm³/mol. The van der Waals surface area contributed by atoms with Crippen LogP contribution in [0.25, 0.3) is 0 Å². The normalized spacial score (nSPS) is 31.6. The molecule has 0 aliphatic heterocycles. The molecule has 3 unspecified atom stereocenters. The Morgan fingerprint density at radius 2 is 2.06 bits per heavy atom. The minimum absolute atomic E-state index is 0.356. The van der Waals surface area contributed by atoms with Gasteiger partial charge in [0, 0.05) is 6.61 Å². The van der Waals surface area contributed by atoms with Crippen LogP contribution >= 0.6 is 0 Å². The molecule has 0 radical (unpaired) electrons. The van der Waals surface area contributed by atoms with Crippen LogP contribution in [0, 0.1) is 17.8 Å². The second-order valence-corrected chi connectivity index (χ2v) is 5.24. The van der Waals surface area contributed by atoms with E-state index >= 15 is 0 Å². The topological polar surface area (TPSA) is 20.2 Å². The van der Waals surface area contributed by atoms with E-state index < -0.39 is 0 Å². The molecule has 90 valence electrons. The maximum atomic E-state index is 9.26. The van der Waals surface area contributed by atoms with Gasteiger partial charge in [0.05, 0.1) is 0 Å². The van der Waals surface area contributed by atoms with E-state index in [0.717, 1.165) is 18.3 Å². The van der Waals surface area contributed by atoms with Crippen molar-refractivity contribution in [2.24, 2.45) is 17.8 Å². The van der Waals surface area contributed by atoms with Crippen LogP contribution in [-0.2, 0) is 0 Å². The maximum Gasteiger partial charge on any atom is 0.0433 e. The van der Waals surface area contributed by atoms with Gasteiger partial charge in [0.1, 0.15) is 0 Å². The zero-order chi connectivity index (χ0) is 11.2. The van der Waals surface area contributed by atoms with E-state index in [1.54, 1.807) is 0 Å². The average molecular weight is 220 g/mol. The SMILES string of the molecule is OCCC(C1C=CCCC1)C1CC=CCC1. The lowest BCUT2D eigenvalue weighted by molar-refractivity contribution is 0.167. The van der Waals surface area contributed by atoms with Crippen LogP contribution in [0.15, 0.2) is 24.3 Å². The summed E-state index contributed by atoms with van der Waals surface area (Å²) in [6, 6.07) is 0. The summed E-state index contributed by atoms with van der Waals surface area (Å²) in [6.45, 7) is 0.356. The molecule has 1 nitrogen and oxygen atoms in total. The molecule has 0 saturated heterocycles. The lowest BCUT2D eigenvalue weighted by Gasteiger charge is -2.34. The molecule has 0 aromatic heterocycles. The van der Waals surface area contributed by atoms with Crippen molar-refractivity contribution in [1.82, 2.24) is 0 Å². The molecule has 0 spiro atoms. The zero-order valence-corrected chi connectivity index (χ0v) is 10.1. The highest BCUT2D eigenvalue weighted by atomic mass is 16.3. The fourth-order valence-corrected chi connectivity index (χ4v) is 3.35. The third-order valence-electron chi connectivity index (χ3n) is 4.22. The molecule has 0 saturated carbocycles. The van der Waals surface area contributed by atoms with Gasteiger partial charge >= 0.3 is 0 Å². The van der Waals surface area contributed by atoms with Gasteiger partial charge in [-0.15, -0.1) is 0 Å². The third-order valence-corrected chi connectivity index (χ3v) is 4.22. The van der Waals surface area contributed by atoms with Crippen molar-refractivity contribution in [2.45, 2.75) is 44.9 Å². The molecule has 2 aliphatic rings. The van der Waals surface area contributed by atoms with Crippen molar-refractivity contribution in [2.75, 3.05) is 6.61 Å². The van der Waals surface area contributed by atoms with Crippen molar-refractivity contribution in [1.29, 1.82) is 0 Å². The Balaban J connectivity index is 1.99. The molecular formula is C15H24O. The first-order valence-corrected chi connectivity index (χ1v) is 6.84. The summed E-state index contributed by atoms with van der Waals surface area (Å²) in [5.41, 5.74) is 0. The Morgan fingerprint density at radius 3 is 2.69 bits per heavy atom. The van der Waals surface area contributed by atoms with E-state index in [1.807, 2.05) is 0 Å². The largest absolute Gasteiger partial charge is 0.396 e. The first-order chi connectivity index (χ1) is 7.92. The molecule has 0 aromatic rings. The van der Waals surface area contributed by atoms with E-state index in [0.29, 0.717) is 12.5 Å². The highest BCUT2D eigenvalue weighted by molar-refractivity contribution is 5.00. The van der Waals surface area contributed by atoms with Crippen molar-refractivity contribution in [3.8, 4) is 0 Å². The molecule has 16 heavy (non-hydrogen) atoms. The van der Waals surface area contributed by atoms with Crippen molar-refractivity contribution < 1.29 is 5.11 Å². The van der Waals surface area contributed by atoms with Gasteiger partial charge in [-0.05, 0) is 62.7 Å². The monoisotopic (exact) mass is 220 g/mol. The summed E-state index contributed by atoms with van der Waals surface area (Å²) in [4.78, 5) is 0. The molecule has 1 N–H and O–H groups in total. The molecule has 0 aromatic carbocycles. The first kappa shape index (κ1) is 11.9. The van der Waals surface area contributed by atoms with Gasteiger partial charge in [0.15, 0.2) is 0 Å². The van der Waals surface area contributed by atoms with Gasteiger partial charge in [-0.1, -0.05) is 24.3 Å². The fraction of sp³-hybridized carbons (Fsp3) is 0.733. The van der Waals surface area contributed by atoms with Crippen LogP contribution in [-0.4, -0.2) is 11.7 Å². The summed E-state index contributed by atoms with van der Waals surface area (Å²) >= 11 is 0. The van der Waals surface area contributed by atoms with Crippen LogP contribution in [0.4, 0.5) is 0 Å². The molecule has 0 heterocycles. The van der Waals surface area contributed by atoms with Gasteiger partial charge in [-0.2, -0.15) is 0 Å². The smallest absolute Gasteiger partial charge is 0.0433 e. The molecule has 2 aliphatic carbocycles. The molecule has 0 bridgehead atoms. The summed E-state index contributed by atoms with van der Waals surface area (Å²) in [6.07, 6.45) is 18.1. The highest BCUT2D eigenvalue weighted by Gasteiger charge is 2.28. The van der Waals surface area contributed by atoms with Gasteiger partial charge in [-0.25, -0.2) is 0 Å². The van der Waals surface area contributed by atoms with Crippen LogP contribution < -0.4 is 0 Å². The minimum atomic E-state index is 0.356. The van der Waals surface area contributed by atoms with Gasteiger partial charge < -0.3 is 5.11 Å². The van der Waals surface area contributed by atoms with E-state index in [2.05, 4.69) is 24.3 Å². The molecule has 0 amide bonds. The Kier molecular flexibility index (Phi) is 4.65. The van der Waals surface area contributed by atoms with Gasteiger partial charge in [0.25, 0.3) is 0 Å². The number of rotatable bonds is 4. The van der Waals surface area contributed by atoms with Gasteiger partial charge in [-0.3, -0.25) is 0 Å². The highest BCUT2D eigenvalue weighted by Crippen LogP contribution is 2.37. The number of hydrogen-bond donors (Lipinski definition) is 1. The van der Waals surface area contributed by atoms with Crippen LogP contribution in [0.1, 0.15) is 44.9 Å². The number of allylic oxidation sites excluding steroid dienone is 4. The summed E-state index contributed by atoms with van der Waals surface area (Å²) in [5.74, 6) is 2.26. The lowest BCUT2D eigenvalue weighted by Crippen LogP contribution is -2.25. The number of aliphatic hydroxyl groups excluding tert-OH is 1. The first-order valence-electron chi connectivity index (χ1n) is 6.84. The van der Waals surface area contributed by atoms with E-state index in [-0.39, 0.29) is 0 Å². The zero-order valence-electron chi connectivity index (χ0n) is 10.1. The summed E-state index contributed by atoms with van der Waals surface area (Å²) < 4.78 is 0. The van der Waals surface area contributed by atoms with Gasteiger partial charge in [0.2, 0.25) is 0 Å². The second-order valence-electron chi connectivity index (χ2n) is 5.24. The lowest BCUT2D eigenvalue weighted by atomic mass is 9.71. The fourth-order valence-electron chi connectivity index (χ4n) is 3.35. The molecule has 2 rings (SSSR count). The average Bonchev–Trinajstić information content (AvgIpc) is 2.38. The summed E-state index contributed by atoms with van der Waals surface area (Å²) in [7, 11) is 0. The standard InChI is InChI=1S/C15H24O/c16-12-11-15(13-7-3-1-4-8-13)14-9-5-2-6-10-14/h1,3,5,9,13-16H,2,4,6-8,10-12H2.